The summed E-state index contributed by atoms with van der Waals surface area (Å²) in [6.45, 7) is 0. The van der Waals surface area contributed by atoms with E-state index in [0.29, 0.717) is 24.1 Å². The van der Waals surface area contributed by atoms with Crippen molar-refractivity contribution < 1.29 is 19.5 Å². The predicted octanol–water partition coefficient (Wildman–Crippen LogP) is 1.19. The van der Waals surface area contributed by atoms with Crippen molar-refractivity contribution in [2.45, 2.75) is 12.8 Å². The van der Waals surface area contributed by atoms with Gasteiger partial charge in [-0.2, -0.15) is 0 Å². The fourth-order valence-corrected chi connectivity index (χ4v) is 1.87. The van der Waals surface area contributed by atoms with Crippen LogP contribution in [0.2, 0.25) is 0 Å². The third-order valence-corrected chi connectivity index (χ3v) is 3.39. The van der Waals surface area contributed by atoms with Gasteiger partial charge in [0.1, 0.15) is 5.41 Å². The Labute approximate surface area is 116 Å². The lowest BCUT2D eigenvalue weighted by Crippen LogP contribution is -2.31. The monoisotopic (exact) mass is 276 g/mol. The lowest BCUT2D eigenvalue weighted by Gasteiger charge is -2.12. The molecule has 1 aliphatic rings. The highest BCUT2D eigenvalue weighted by Crippen LogP contribution is 2.46. The molecule has 106 valence electrons. The van der Waals surface area contributed by atoms with Crippen LogP contribution in [0.4, 0.5) is 5.69 Å². The van der Waals surface area contributed by atoms with E-state index in [4.69, 9.17) is 5.11 Å². The maximum Gasteiger partial charge on any atom is 0.319 e. The maximum absolute atomic E-state index is 11.9. The van der Waals surface area contributed by atoms with Gasteiger partial charge in [0.05, 0.1) is 0 Å². The van der Waals surface area contributed by atoms with Gasteiger partial charge in [0.25, 0.3) is 5.91 Å². The van der Waals surface area contributed by atoms with Gasteiger partial charge in [-0.3, -0.25) is 14.4 Å². The summed E-state index contributed by atoms with van der Waals surface area (Å²) in [5, 5.41) is 11.6. The molecule has 0 aliphatic heterocycles. The van der Waals surface area contributed by atoms with Crippen molar-refractivity contribution in [3.8, 4) is 0 Å². The molecule has 1 fully saturated rings. The Kier molecular flexibility index (Phi) is 3.48. The quantitative estimate of drug-likeness (QED) is 0.809. The van der Waals surface area contributed by atoms with Crippen molar-refractivity contribution in [1.82, 2.24) is 4.90 Å². The number of benzene rings is 1. The summed E-state index contributed by atoms with van der Waals surface area (Å²) in [7, 11) is 3.31. The molecule has 2 N–H and O–H groups in total. The molecule has 1 aromatic rings. The molecule has 0 saturated heterocycles. The summed E-state index contributed by atoms with van der Waals surface area (Å²) < 4.78 is 0. The molecule has 1 saturated carbocycles. The van der Waals surface area contributed by atoms with E-state index >= 15 is 0 Å². The lowest BCUT2D eigenvalue weighted by atomic mass is 10.1. The van der Waals surface area contributed by atoms with E-state index in [1.54, 1.807) is 38.4 Å². The molecule has 6 nitrogen and oxygen atoms in total. The van der Waals surface area contributed by atoms with Crippen molar-refractivity contribution >= 4 is 23.5 Å². The minimum absolute atomic E-state index is 0.132. The number of nitrogens with zero attached hydrogens (tertiary/aromatic N) is 1. The minimum Gasteiger partial charge on any atom is -0.480 e. The Bertz CT molecular complexity index is 559. The Morgan fingerprint density at radius 3 is 2.10 bits per heavy atom. The summed E-state index contributed by atoms with van der Waals surface area (Å²) in [6, 6.07) is 6.37. The number of hydrogen-bond acceptors (Lipinski definition) is 3. The number of rotatable bonds is 4. The van der Waals surface area contributed by atoms with Crippen molar-refractivity contribution in [2.75, 3.05) is 19.4 Å². The van der Waals surface area contributed by atoms with Crippen molar-refractivity contribution in [3.05, 3.63) is 29.8 Å². The first kappa shape index (κ1) is 14.0. The summed E-state index contributed by atoms with van der Waals surface area (Å²) in [6.07, 6.45) is 0.733. The van der Waals surface area contributed by atoms with Gasteiger partial charge in [0, 0.05) is 25.3 Å². The molecule has 0 atom stereocenters. The number of hydrogen-bond donors (Lipinski definition) is 2. The summed E-state index contributed by atoms with van der Waals surface area (Å²) in [5.74, 6) is -1.72. The first-order valence-corrected chi connectivity index (χ1v) is 6.23. The zero-order valence-corrected chi connectivity index (χ0v) is 11.3. The number of carbonyl (C=O) groups is 3. The summed E-state index contributed by atoms with van der Waals surface area (Å²) >= 11 is 0. The van der Waals surface area contributed by atoms with Gasteiger partial charge in [0.15, 0.2) is 0 Å². The van der Waals surface area contributed by atoms with Crippen LogP contribution in [0.1, 0.15) is 23.2 Å². The van der Waals surface area contributed by atoms with E-state index < -0.39 is 17.3 Å². The molecule has 2 rings (SSSR count). The average molecular weight is 276 g/mol. The van der Waals surface area contributed by atoms with Gasteiger partial charge in [0.2, 0.25) is 5.91 Å². The number of carbonyl (C=O) groups excluding carboxylic acids is 2. The normalized spacial score (nSPS) is 15.3. The second-order valence-electron chi connectivity index (χ2n) is 5.12. The van der Waals surface area contributed by atoms with E-state index in [9.17, 15) is 14.4 Å². The number of nitrogens with one attached hydrogen (secondary N) is 1. The Morgan fingerprint density at radius 1 is 1.15 bits per heavy atom. The molecule has 0 unspecified atom stereocenters. The molecule has 6 heteroatoms. The molecular weight excluding hydrogens is 260 g/mol. The van der Waals surface area contributed by atoms with E-state index in [-0.39, 0.29) is 5.91 Å². The fraction of sp³-hybridized carbons (Fsp3) is 0.357. The van der Waals surface area contributed by atoms with E-state index in [0.717, 1.165) is 0 Å². The molecule has 0 radical (unpaired) electrons. The Balaban J connectivity index is 2.07. The lowest BCUT2D eigenvalue weighted by molar-refractivity contribution is -0.147. The van der Waals surface area contributed by atoms with Gasteiger partial charge >= 0.3 is 5.97 Å². The van der Waals surface area contributed by atoms with E-state index in [1.807, 2.05) is 0 Å². The minimum atomic E-state index is -1.27. The number of anilines is 1. The molecule has 1 aromatic carbocycles. The number of aliphatic carboxylic acids is 1. The highest BCUT2D eigenvalue weighted by molar-refractivity contribution is 6.10. The van der Waals surface area contributed by atoms with Crippen LogP contribution in [0.25, 0.3) is 0 Å². The van der Waals surface area contributed by atoms with Gasteiger partial charge in [-0.05, 0) is 37.1 Å². The van der Waals surface area contributed by atoms with Crippen LogP contribution in [0, 0.1) is 5.41 Å². The highest BCUT2D eigenvalue weighted by atomic mass is 16.4. The SMILES string of the molecule is CN(C)C(=O)c1ccc(NC(=O)C2(C(=O)O)CC2)cc1. The molecule has 2 amide bonds. The number of amides is 2. The molecule has 20 heavy (non-hydrogen) atoms. The van der Waals surface area contributed by atoms with Gasteiger partial charge in [-0.25, -0.2) is 0 Å². The molecular formula is C14H16N2O4. The van der Waals surface area contributed by atoms with Crippen LogP contribution < -0.4 is 5.32 Å². The fourth-order valence-electron chi connectivity index (χ4n) is 1.87. The van der Waals surface area contributed by atoms with E-state index in [1.165, 1.54) is 4.90 Å². The molecule has 0 aromatic heterocycles. The molecule has 0 heterocycles. The molecule has 1 aliphatic carbocycles. The van der Waals surface area contributed by atoms with Gasteiger partial charge in [-0.1, -0.05) is 0 Å². The van der Waals surface area contributed by atoms with Crippen molar-refractivity contribution in [3.63, 3.8) is 0 Å². The average Bonchev–Trinajstić information content (AvgIpc) is 3.20. The van der Waals surface area contributed by atoms with Crippen LogP contribution >= 0.6 is 0 Å². The third kappa shape index (κ3) is 2.49. The summed E-state index contributed by atoms with van der Waals surface area (Å²) in [4.78, 5) is 36.1. The van der Waals surface area contributed by atoms with Crippen LogP contribution in [0.15, 0.2) is 24.3 Å². The van der Waals surface area contributed by atoms with Crippen LogP contribution in [0.5, 0.6) is 0 Å². The second-order valence-corrected chi connectivity index (χ2v) is 5.12. The predicted molar refractivity (Wildman–Crippen MR) is 72.4 cm³/mol. The summed E-state index contributed by atoms with van der Waals surface area (Å²) in [5.41, 5.74) is -0.275. The largest absolute Gasteiger partial charge is 0.480 e. The Hall–Kier alpha value is -2.37. The highest BCUT2D eigenvalue weighted by Gasteiger charge is 2.57. The van der Waals surface area contributed by atoms with Crippen molar-refractivity contribution in [2.24, 2.45) is 5.41 Å². The first-order valence-electron chi connectivity index (χ1n) is 6.23. The smallest absolute Gasteiger partial charge is 0.319 e. The molecule has 0 spiro atoms. The van der Waals surface area contributed by atoms with Crippen molar-refractivity contribution in [1.29, 1.82) is 0 Å². The van der Waals surface area contributed by atoms with Crippen LogP contribution in [-0.2, 0) is 9.59 Å². The number of carboxylic acids is 1. The zero-order chi connectivity index (χ0) is 14.9. The topological polar surface area (TPSA) is 86.7 Å². The first-order chi connectivity index (χ1) is 9.36. The number of carboxylic acid groups (broad SMARTS) is 1. The van der Waals surface area contributed by atoms with Gasteiger partial charge < -0.3 is 15.3 Å². The maximum atomic E-state index is 11.9. The molecule has 0 bridgehead atoms. The van der Waals surface area contributed by atoms with Gasteiger partial charge in [-0.15, -0.1) is 0 Å². The zero-order valence-electron chi connectivity index (χ0n) is 11.3. The standard InChI is InChI=1S/C14H16N2O4/c1-16(2)11(17)9-3-5-10(6-4-9)15-12(18)14(7-8-14)13(19)20/h3-6H,7-8H2,1-2H3,(H,15,18)(H,19,20). The second kappa shape index (κ2) is 4.96. The van der Waals surface area contributed by atoms with Crippen LogP contribution in [-0.4, -0.2) is 41.9 Å². The Morgan fingerprint density at radius 2 is 1.70 bits per heavy atom. The van der Waals surface area contributed by atoms with Crippen LogP contribution in [0.3, 0.4) is 0 Å². The third-order valence-electron chi connectivity index (χ3n) is 3.39. The van der Waals surface area contributed by atoms with E-state index in [2.05, 4.69) is 5.32 Å².